The van der Waals surface area contributed by atoms with Crippen molar-refractivity contribution in [2.24, 2.45) is 0 Å². The molecule has 20 heavy (non-hydrogen) atoms. The topological polar surface area (TPSA) is 15.3 Å². The third kappa shape index (κ3) is 4.98. The summed E-state index contributed by atoms with van der Waals surface area (Å²) in [6, 6.07) is 6.33. The Morgan fingerprint density at radius 2 is 2.05 bits per heavy atom. The van der Waals surface area contributed by atoms with Crippen molar-refractivity contribution >= 4 is 21.6 Å². The zero-order valence-electron chi connectivity index (χ0n) is 11.3. The molecule has 1 fully saturated rings. The fourth-order valence-electron chi connectivity index (χ4n) is 1.88. The largest absolute Gasteiger partial charge is 0.390 e. The number of halogens is 4. The van der Waals surface area contributed by atoms with Gasteiger partial charge in [0.2, 0.25) is 0 Å². The molecule has 0 bridgehead atoms. The van der Waals surface area contributed by atoms with Gasteiger partial charge in [0, 0.05) is 36.3 Å². The number of alkyl halides is 3. The van der Waals surface area contributed by atoms with E-state index in [1.165, 1.54) is 12.8 Å². The van der Waals surface area contributed by atoms with E-state index in [9.17, 15) is 13.2 Å². The Labute approximate surface area is 125 Å². The molecule has 0 aliphatic heterocycles. The predicted molar refractivity (Wildman–Crippen MR) is 77.9 cm³/mol. The molecule has 1 saturated carbocycles. The Bertz CT molecular complexity index is 458. The van der Waals surface area contributed by atoms with Crippen LogP contribution in [0.1, 0.15) is 24.8 Å². The third-order valence-corrected chi connectivity index (χ3v) is 4.10. The van der Waals surface area contributed by atoms with Crippen LogP contribution in [0.3, 0.4) is 0 Å². The molecule has 0 spiro atoms. The Morgan fingerprint density at radius 1 is 1.35 bits per heavy atom. The highest BCUT2D eigenvalue weighted by molar-refractivity contribution is 9.10. The summed E-state index contributed by atoms with van der Waals surface area (Å²) in [5.74, 6) is 0. The highest BCUT2D eigenvalue weighted by Crippen LogP contribution is 2.27. The van der Waals surface area contributed by atoms with E-state index in [4.69, 9.17) is 0 Å². The lowest BCUT2D eigenvalue weighted by atomic mass is 10.2. The third-order valence-electron chi connectivity index (χ3n) is 3.37. The second-order valence-electron chi connectivity index (χ2n) is 5.22. The minimum Gasteiger partial charge on any atom is -0.374 e. The summed E-state index contributed by atoms with van der Waals surface area (Å²) >= 11 is 3.49. The van der Waals surface area contributed by atoms with Crippen LogP contribution in [0.4, 0.5) is 18.9 Å². The van der Waals surface area contributed by atoms with Gasteiger partial charge in [-0.15, -0.1) is 0 Å². The molecule has 0 amide bonds. The number of hydrogen-bond acceptors (Lipinski definition) is 2. The van der Waals surface area contributed by atoms with Crippen LogP contribution in [0, 0.1) is 0 Å². The van der Waals surface area contributed by atoms with Gasteiger partial charge in [-0.3, -0.25) is 0 Å². The highest BCUT2D eigenvalue weighted by atomic mass is 79.9. The molecule has 0 aromatic heterocycles. The maximum atomic E-state index is 12.2. The van der Waals surface area contributed by atoms with Crippen molar-refractivity contribution in [2.45, 2.75) is 38.0 Å². The van der Waals surface area contributed by atoms with E-state index in [-0.39, 0.29) is 6.54 Å². The van der Waals surface area contributed by atoms with E-state index in [2.05, 4.69) is 21.2 Å². The molecule has 1 N–H and O–H groups in total. The first-order valence-corrected chi connectivity index (χ1v) is 7.44. The van der Waals surface area contributed by atoms with Crippen molar-refractivity contribution in [2.75, 3.05) is 18.5 Å². The molecule has 2 rings (SSSR count). The lowest BCUT2D eigenvalue weighted by Gasteiger charge is -2.21. The molecular formula is C14H18BrF3N2. The summed E-state index contributed by atoms with van der Waals surface area (Å²) in [4.78, 5) is 1.62. The van der Waals surface area contributed by atoms with E-state index in [0.717, 1.165) is 22.3 Å². The van der Waals surface area contributed by atoms with E-state index in [1.807, 2.05) is 18.2 Å². The lowest BCUT2D eigenvalue weighted by molar-refractivity contribution is -0.132. The number of nitrogens with zero attached hydrogens (tertiary/aromatic N) is 1. The number of hydrogen-bond donors (Lipinski definition) is 1. The van der Waals surface area contributed by atoms with Crippen molar-refractivity contribution in [1.29, 1.82) is 0 Å². The zero-order valence-corrected chi connectivity index (χ0v) is 12.9. The fraction of sp³-hybridized carbons (Fsp3) is 0.571. The Balaban J connectivity index is 1.92. The van der Waals surface area contributed by atoms with Gasteiger partial charge in [0.05, 0.1) is 6.42 Å². The van der Waals surface area contributed by atoms with Crippen LogP contribution < -0.4 is 10.2 Å². The van der Waals surface area contributed by atoms with Crippen LogP contribution in [0.25, 0.3) is 0 Å². The molecule has 0 radical (unpaired) electrons. The van der Waals surface area contributed by atoms with Gasteiger partial charge in [-0.2, -0.15) is 13.2 Å². The van der Waals surface area contributed by atoms with Gasteiger partial charge in [0.25, 0.3) is 0 Å². The van der Waals surface area contributed by atoms with E-state index >= 15 is 0 Å². The summed E-state index contributed by atoms with van der Waals surface area (Å²) in [6.45, 7) is 0.757. The number of benzene rings is 1. The molecule has 0 saturated heterocycles. The summed E-state index contributed by atoms with van der Waals surface area (Å²) < 4.78 is 37.6. The fourth-order valence-corrected chi connectivity index (χ4v) is 2.39. The van der Waals surface area contributed by atoms with Crippen molar-refractivity contribution < 1.29 is 13.2 Å². The molecule has 6 heteroatoms. The predicted octanol–water partition coefficient (Wildman–Crippen LogP) is 4.09. The van der Waals surface area contributed by atoms with E-state index < -0.39 is 12.6 Å². The van der Waals surface area contributed by atoms with Crippen LogP contribution in [-0.4, -0.2) is 25.8 Å². The van der Waals surface area contributed by atoms with E-state index in [0.29, 0.717) is 6.04 Å². The molecule has 0 heterocycles. The van der Waals surface area contributed by atoms with Crippen molar-refractivity contribution in [1.82, 2.24) is 5.32 Å². The van der Waals surface area contributed by atoms with Gasteiger partial charge in [-0.05, 0) is 30.5 Å². The molecule has 0 atom stereocenters. The van der Waals surface area contributed by atoms with Crippen LogP contribution in [0.5, 0.6) is 0 Å². The average molecular weight is 351 g/mol. The molecular weight excluding hydrogens is 333 g/mol. The molecule has 1 aromatic rings. The SMILES string of the molecule is CN(CCC(F)(F)F)c1ccc(CNC2CC2)c(Br)c1. The van der Waals surface area contributed by atoms with Crippen LogP contribution in [-0.2, 0) is 6.54 Å². The van der Waals surface area contributed by atoms with Crippen LogP contribution in [0.15, 0.2) is 22.7 Å². The van der Waals surface area contributed by atoms with Crippen molar-refractivity contribution in [3.8, 4) is 0 Å². The monoisotopic (exact) mass is 350 g/mol. The minimum atomic E-state index is -4.11. The second-order valence-corrected chi connectivity index (χ2v) is 6.07. The van der Waals surface area contributed by atoms with Crippen LogP contribution >= 0.6 is 15.9 Å². The Morgan fingerprint density at radius 3 is 2.60 bits per heavy atom. The highest BCUT2D eigenvalue weighted by Gasteiger charge is 2.27. The molecule has 1 aliphatic rings. The van der Waals surface area contributed by atoms with Gasteiger partial charge in [-0.25, -0.2) is 0 Å². The van der Waals surface area contributed by atoms with Crippen LogP contribution in [0.2, 0.25) is 0 Å². The molecule has 0 unspecified atom stereocenters. The van der Waals surface area contributed by atoms with Gasteiger partial charge < -0.3 is 10.2 Å². The normalized spacial score (nSPS) is 15.4. The molecule has 112 valence electrons. The molecule has 1 aromatic carbocycles. The Kier molecular flexibility index (Phi) is 4.96. The first-order chi connectivity index (χ1) is 9.35. The lowest BCUT2D eigenvalue weighted by Crippen LogP contribution is -2.24. The number of rotatable bonds is 6. The van der Waals surface area contributed by atoms with Crippen molar-refractivity contribution in [3.63, 3.8) is 0 Å². The summed E-state index contributed by atoms with van der Waals surface area (Å²) in [6.07, 6.45) is -2.45. The second kappa shape index (κ2) is 6.35. The first kappa shape index (κ1) is 15.6. The number of nitrogens with one attached hydrogen (secondary N) is 1. The quantitative estimate of drug-likeness (QED) is 0.831. The maximum absolute atomic E-state index is 12.2. The Hall–Kier alpha value is -0.750. The molecule has 1 aliphatic carbocycles. The number of anilines is 1. The standard InChI is InChI=1S/C14H18BrF3N2/c1-20(7-6-14(16,17)18)12-5-2-10(13(15)8-12)9-19-11-3-4-11/h2,5,8,11,19H,3-4,6-7,9H2,1H3. The maximum Gasteiger partial charge on any atom is 0.390 e. The van der Waals surface area contributed by atoms with E-state index in [1.54, 1.807) is 11.9 Å². The van der Waals surface area contributed by atoms with Gasteiger partial charge >= 0.3 is 6.18 Å². The summed E-state index contributed by atoms with van der Waals surface area (Å²) in [7, 11) is 1.68. The zero-order chi connectivity index (χ0) is 14.8. The van der Waals surface area contributed by atoms with Crippen molar-refractivity contribution in [3.05, 3.63) is 28.2 Å². The summed E-state index contributed by atoms with van der Waals surface area (Å²) in [5.41, 5.74) is 1.92. The van der Waals surface area contributed by atoms with Gasteiger partial charge in [-0.1, -0.05) is 22.0 Å². The van der Waals surface area contributed by atoms with Gasteiger partial charge in [0.1, 0.15) is 0 Å². The minimum absolute atomic E-state index is 0.0321. The average Bonchev–Trinajstić information content (AvgIpc) is 3.17. The van der Waals surface area contributed by atoms with Gasteiger partial charge in [0.15, 0.2) is 0 Å². The first-order valence-electron chi connectivity index (χ1n) is 6.65. The summed E-state index contributed by atoms with van der Waals surface area (Å²) in [5, 5.41) is 3.42. The molecule has 2 nitrogen and oxygen atoms in total. The smallest absolute Gasteiger partial charge is 0.374 e.